The van der Waals surface area contributed by atoms with Gasteiger partial charge < -0.3 is 14.5 Å². The molecule has 0 aliphatic carbocycles. The van der Waals surface area contributed by atoms with E-state index in [1.165, 1.54) is 41.8 Å². The van der Waals surface area contributed by atoms with Crippen molar-refractivity contribution in [2.24, 2.45) is 0 Å². The number of para-hydroxylation sites is 1. The van der Waals surface area contributed by atoms with Crippen LogP contribution >= 0.6 is 11.3 Å². The van der Waals surface area contributed by atoms with Crippen LogP contribution in [0.3, 0.4) is 0 Å². The molecule has 0 unspecified atom stereocenters. The highest BCUT2D eigenvalue weighted by Crippen LogP contribution is 2.35. The van der Waals surface area contributed by atoms with E-state index in [-0.39, 0.29) is 5.82 Å². The van der Waals surface area contributed by atoms with Gasteiger partial charge in [0.2, 0.25) is 0 Å². The summed E-state index contributed by atoms with van der Waals surface area (Å²) in [6.45, 7) is 3.84. The third-order valence-corrected chi connectivity index (χ3v) is 6.51. The predicted octanol–water partition coefficient (Wildman–Crippen LogP) is 5.72. The van der Waals surface area contributed by atoms with E-state index in [2.05, 4.69) is 35.0 Å². The molecule has 2 heterocycles. The molecule has 1 aliphatic heterocycles. The van der Waals surface area contributed by atoms with Gasteiger partial charge in [0, 0.05) is 26.7 Å². The van der Waals surface area contributed by atoms with Gasteiger partial charge in [-0.05, 0) is 68.5 Å². The van der Waals surface area contributed by atoms with Crippen LogP contribution in [0.2, 0.25) is 0 Å². The Morgan fingerprint density at radius 3 is 2.66 bits per heavy atom. The Morgan fingerprint density at radius 1 is 1.07 bits per heavy atom. The molecule has 1 aliphatic rings. The molecule has 1 aromatic heterocycles. The van der Waals surface area contributed by atoms with E-state index < -0.39 is 0 Å². The first-order valence-electron chi connectivity index (χ1n) is 10.4. The zero-order valence-corrected chi connectivity index (χ0v) is 17.8. The first-order valence-corrected chi connectivity index (χ1v) is 11.3. The maximum Gasteiger partial charge on any atom is 0.186 e. The molecule has 0 amide bonds. The normalized spacial score (nSPS) is 14.3. The largest absolute Gasteiger partial charge is 0.494 e. The molecule has 2 aromatic carbocycles. The Hall–Kier alpha value is -2.34. The highest BCUT2D eigenvalue weighted by atomic mass is 32.1. The molecule has 1 fully saturated rings. The van der Waals surface area contributed by atoms with Gasteiger partial charge in [-0.2, -0.15) is 0 Å². The van der Waals surface area contributed by atoms with E-state index in [1.54, 1.807) is 23.5 Å². The zero-order valence-electron chi connectivity index (χ0n) is 16.9. The summed E-state index contributed by atoms with van der Waals surface area (Å²) in [5.74, 6) is 0.481. The van der Waals surface area contributed by atoms with E-state index in [0.717, 1.165) is 48.9 Å². The lowest BCUT2D eigenvalue weighted by molar-refractivity contribution is 0.307. The number of hydrogen-bond donors (Lipinski definition) is 0. The Morgan fingerprint density at radius 2 is 1.86 bits per heavy atom. The van der Waals surface area contributed by atoms with Crippen molar-refractivity contribution < 1.29 is 9.13 Å². The van der Waals surface area contributed by atoms with Crippen LogP contribution in [0.5, 0.6) is 5.75 Å². The van der Waals surface area contributed by atoms with E-state index in [4.69, 9.17) is 9.72 Å². The van der Waals surface area contributed by atoms with E-state index in [9.17, 15) is 4.39 Å². The molecular weight excluding hydrogens is 385 g/mol. The van der Waals surface area contributed by atoms with E-state index >= 15 is 0 Å². The number of unbranched alkanes of at least 4 members (excludes halogenated alkanes) is 1. The Balaban J connectivity index is 1.31. The average Bonchev–Trinajstić information content (AvgIpc) is 3.20. The van der Waals surface area contributed by atoms with Gasteiger partial charge in [0.25, 0.3) is 0 Å². The number of halogens is 1. The van der Waals surface area contributed by atoms with Crippen LogP contribution < -0.4 is 14.5 Å². The van der Waals surface area contributed by atoms with Crippen molar-refractivity contribution >= 4 is 32.4 Å². The quantitative estimate of drug-likeness (QED) is 0.442. The molecule has 6 heteroatoms. The molecule has 0 radical (unpaired) electrons. The minimum absolute atomic E-state index is 0.238. The highest BCUT2D eigenvalue weighted by Gasteiger charge is 2.17. The van der Waals surface area contributed by atoms with Crippen LogP contribution in [-0.4, -0.2) is 38.3 Å². The number of hydrogen-bond acceptors (Lipinski definition) is 5. The molecule has 154 valence electrons. The van der Waals surface area contributed by atoms with E-state index in [0.29, 0.717) is 6.61 Å². The molecule has 1 saturated heterocycles. The maximum absolute atomic E-state index is 12.9. The van der Waals surface area contributed by atoms with Crippen LogP contribution in [0.15, 0.2) is 42.5 Å². The molecule has 4 rings (SSSR count). The summed E-state index contributed by atoms with van der Waals surface area (Å²) in [6.07, 6.45) is 5.85. The van der Waals surface area contributed by atoms with Crippen LogP contribution in [0, 0.1) is 5.82 Å². The first-order chi connectivity index (χ1) is 14.2. The Bertz CT molecular complexity index is 922. The third kappa shape index (κ3) is 4.99. The van der Waals surface area contributed by atoms with Gasteiger partial charge >= 0.3 is 0 Å². The number of thiazole rings is 1. The van der Waals surface area contributed by atoms with Crippen molar-refractivity contribution in [1.29, 1.82) is 0 Å². The maximum atomic E-state index is 12.9. The smallest absolute Gasteiger partial charge is 0.186 e. The molecule has 29 heavy (non-hydrogen) atoms. The fourth-order valence-corrected chi connectivity index (χ4v) is 4.72. The van der Waals surface area contributed by atoms with Gasteiger partial charge in [0.15, 0.2) is 5.13 Å². The molecule has 4 nitrogen and oxygen atoms in total. The topological polar surface area (TPSA) is 28.6 Å². The van der Waals surface area contributed by atoms with Crippen molar-refractivity contribution in [2.45, 2.75) is 32.1 Å². The summed E-state index contributed by atoms with van der Waals surface area (Å²) in [5.41, 5.74) is 2.42. The number of nitrogens with zero attached hydrogens (tertiary/aromatic N) is 3. The van der Waals surface area contributed by atoms with Crippen molar-refractivity contribution in [3.63, 3.8) is 0 Å². The highest BCUT2D eigenvalue weighted by molar-refractivity contribution is 7.22. The second kappa shape index (κ2) is 9.44. The molecule has 0 atom stereocenters. The Labute approximate surface area is 175 Å². The summed E-state index contributed by atoms with van der Waals surface area (Å²) in [6, 6.07) is 12.7. The number of rotatable bonds is 8. The average molecular weight is 414 g/mol. The van der Waals surface area contributed by atoms with Gasteiger partial charge in [0.1, 0.15) is 17.1 Å². The summed E-state index contributed by atoms with van der Waals surface area (Å²) < 4.78 is 19.9. The standard InChI is InChI=1S/C23H28FN3OS/c1-26(14-5-6-17-28-19-12-10-18(24)11-13-19)23-25-22-20(8-7-9-21(22)29-23)27-15-3-2-4-16-27/h7-13H,2-6,14-17H2,1H3. The fourth-order valence-electron chi connectivity index (χ4n) is 3.74. The Kier molecular flexibility index (Phi) is 6.49. The van der Waals surface area contributed by atoms with Crippen molar-refractivity contribution in [3.05, 3.63) is 48.3 Å². The van der Waals surface area contributed by atoms with Crippen LogP contribution in [0.1, 0.15) is 32.1 Å². The van der Waals surface area contributed by atoms with Crippen LogP contribution in [-0.2, 0) is 0 Å². The van der Waals surface area contributed by atoms with Crippen LogP contribution in [0.4, 0.5) is 15.2 Å². The number of aromatic nitrogens is 1. The van der Waals surface area contributed by atoms with Gasteiger partial charge in [-0.1, -0.05) is 17.4 Å². The van der Waals surface area contributed by atoms with Gasteiger partial charge in [0.05, 0.1) is 17.0 Å². The minimum Gasteiger partial charge on any atom is -0.494 e. The molecule has 0 spiro atoms. The fraction of sp³-hybridized carbons (Fsp3) is 0.435. The second-order valence-corrected chi connectivity index (χ2v) is 8.61. The van der Waals surface area contributed by atoms with Gasteiger partial charge in [-0.15, -0.1) is 0 Å². The van der Waals surface area contributed by atoms with Crippen molar-refractivity contribution in [3.8, 4) is 5.75 Å². The lowest BCUT2D eigenvalue weighted by Gasteiger charge is -2.28. The molecular formula is C23H28FN3OS. The number of fused-ring (bicyclic) bond motifs is 1. The van der Waals surface area contributed by atoms with Crippen molar-refractivity contribution in [1.82, 2.24) is 4.98 Å². The molecule has 0 N–H and O–H groups in total. The lowest BCUT2D eigenvalue weighted by Crippen LogP contribution is -2.29. The lowest BCUT2D eigenvalue weighted by atomic mass is 10.1. The number of anilines is 2. The summed E-state index contributed by atoms with van der Waals surface area (Å²) >= 11 is 1.77. The predicted molar refractivity (Wildman–Crippen MR) is 120 cm³/mol. The SMILES string of the molecule is CN(CCCCOc1ccc(F)cc1)c1nc2c(N3CCCCC3)cccc2s1. The molecule has 3 aromatic rings. The zero-order chi connectivity index (χ0) is 20.1. The van der Waals surface area contributed by atoms with E-state index in [1.807, 2.05) is 0 Å². The third-order valence-electron chi connectivity index (χ3n) is 5.38. The number of benzene rings is 2. The summed E-state index contributed by atoms with van der Waals surface area (Å²) in [4.78, 5) is 9.71. The van der Waals surface area contributed by atoms with Gasteiger partial charge in [-0.25, -0.2) is 9.37 Å². The second-order valence-electron chi connectivity index (χ2n) is 7.60. The molecule has 0 saturated carbocycles. The number of piperidine rings is 1. The first kappa shape index (κ1) is 20.0. The van der Waals surface area contributed by atoms with Gasteiger partial charge in [-0.3, -0.25) is 0 Å². The molecule has 0 bridgehead atoms. The number of ether oxygens (including phenoxy) is 1. The summed E-state index contributed by atoms with van der Waals surface area (Å²) in [7, 11) is 2.11. The van der Waals surface area contributed by atoms with Crippen molar-refractivity contribution in [2.75, 3.05) is 43.1 Å². The summed E-state index contributed by atoms with van der Waals surface area (Å²) in [5, 5.41) is 1.07. The van der Waals surface area contributed by atoms with Crippen LogP contribution in [0.25, 0.3) is 10.2 Å². The monoisotopic (exact) mass is 413 g/mol. The minimum atomic E-state index is -0.238.